The Labute approximate surface area is 176 Å². The van der Waals surface area contributed by atoms with Crippen molar-refractivity contribution in [2.75, 3.05) is 54.1 Å². The van der Waals surface area contributed by atoms with Crippen LogP contribution in [0.2, 0.25) is 0 Å². The first-order valence-electron chi connectivity index (χ1n) is 10.3. The second kappa shape index (κ2) is 16.0. The van der Waals surface area contributed by atoms with Crippen molar-refractivity contribution >= 4 is 13.8 Å². The molecule has 0 bridgehead atoms. The summed E-state index contributed by atoms with van der Waals surface area (Å²) < 4.78 is 33.1. The van der Waals surface area contributed by atoms with Gasteiger partial charge in [-0.05, 0) is 19.3 Å². The summed E-state index contributed by atoms with van der Waals surface area (Å²) in [7, 11) is 1.64. The lowest BCUT2D eigenvalue weighted by atomic mass is 10.1. The number of likely N-dealkylation sites (N-methyl/N-ethyl adjacent to an activating group) is 1. The molecule has 0 heterocycles. The van der Waals surface area contributed by atoms with Gasteiger partial charge in [0.1, 0.15) is 19.3 Å². The van der Waals surface area contributed by atoms with Crippen LogP contribution in [0.15, 0.2) is 12.7 Å². The van der Waals surface area contributed by atoms with Crippen LogP contribution < -0.4 is 0 Å². The molecule has 0 aromatic rings. The van der Waals surface area contributed by atoms with Gasteiger partial charge < -0.3 is 18.9 Å². The molecule has 0 spiro atoms. The van der Waals surface area contributed by atoms with Crippen LogP contribution in [-0.2, 0) is 27.9 Å². The molecule has 0 saturated heterocycles. The van der Waals surface area contributed by atoms with Crippen LogP contribution in [-0.4, -0.2) is 75.6 Å². The van der Waals surface area contributed by atoms with Crippen LogP contribution in [0.1, 0.15) is 51.9 Å². The third-order valence-electron chi connectivity index (χ3n) is 4.02. The predicted molar refractivity (Wildman–Crippen MR) is 114 cm³/mol. The summed E-state index contributed by atoms with van der Waals surface area (Å²) >= 11 is 0. The molecule has 1 N–H and O–H groups in total. The second-order valence-corrected chi connectivity index (χ2v) is 9.57. The molecule has 0 radical (unpaired) electrons. The molecule has 0 amide bonds. The van der Waals surface area contributed by atoms with E-state index in [4.69, 9.17) is 18.5 Å². The molecule has 1 unspecified atom stereocenters. The molecule has 29 heavy (non-hydrogen) atoms. The summed E-state index contributed by atoms with van der Waals surface area (Å²) in [5.41, 5.74) is 0. The van der Waals surface area contributed by atoms with Crippen molar-refractivity contribution in [3.63, 3.8) is 0 Å². The van der Waals surface area contributed by atoms with Gasteiger partial charge in [-0.2, -0.15) is 0 Å². The molecule has 8 nitrogen and oxygen atoms in total. The number of phosphoric ester groups is 1. The molecule has 172 valence electrons. The lowest BCUT2D eigenvalue weighted by Crippen LogP contribution is -2.37. The van der Waals surface area contributed by atoms with Crippen molar-refractivity contribution in [3.8, 4) is 0 Å². The molecular formula is C20H41NO7P+. The molecule has 0 fully saturated rings. The zero-order valence-electron chi connectivity index (χ0n) is 18.6. The van der Waals surface area contributed by atoms with E-state index in [2.05, 4.69) is 6.58 Å². The third kappa shape index (κ3) is 20.3. The Morgan fingerprint density at radius 1 is 1.03 bits per heavy atom. The number of rotatable bonds is 19. The average Bonchev–Trinajstić information content (AvgIpc) is 2.59. The van der Waals surface area contributed by atoms with Gasteiger partial charge in [-0.25, -0.2) is 4.57 Å². The zero-order valence-corrected chi connectivity index (χ0v) is 19.5. The summed E-state index contributed by atoms with van der Waals surface area (Å²) in [6.07, 6.45) is 9.04. The minimum Gasteiger partial charge on any atom is -0.458 e. The van der Waals surface area contributed by atoms with E-state index in [1.807, 2.05) is 27.2 Å². The SMILES string of the molecule is C=CCCCCCCCCOC[C@H](COP(=O)(O)OCC[N+](C)(C)C)OC(C)=O. The largest absolute Gasteiger partial charge is 0.472 e. The Kier molecular flexibility index (Phi) is 15.6. The van der Waals surface area contributed by atoms with Crippen LogP contribution in [0.4, 0.5) is 0 Å². The molecule has 0 aliphatic carbocycles. The molecule has 0 aliphatic heterocycles. The molecular weight excluding hydrogens is 397 g/mol. The van der Waals surface area contributed by atoms with E-state index in [0.29, 0.717) is 17.6 Å². The number of unbranched alkanes of at least 4 members (excludes halogenated alkanes) is 6. The number of hydrogen-bond acceptors (Lipinski definition) is 6. The van der Waals surface area contributed by atoms with Gasteiger partial charge in [0.05, 0.1) is 34.4 Å². The fourth-order valence-electron chi connectivity index (χ4n) is 2.41. The van der Waals surface area contributed by atoms with Gasteiger partial charge in [0.2, 0.25) is 0 Å². The number of allylic oxidation sites excluding steroid dienone is 1. The second-order valence-electron chi connectivity index (χ2n) is 8.12. The van der Waals surface area contributed by atoms with Gasteiger partial charge in [-0.3, -0.25) is 13.8 Å². The molecule has 0 aromatic heterocycles. The van der Waals surface area contributed by atoms with E-state index in [9.17, 15) is 14.3 Å². The summed E-state index contributed by atoms with van der Waals surface area (Å²) in [6.45, 7) is 6.01. The van der Waals surface area contributed by atoms with Gasteiger partial charge >= 0.3 is 13.8 Å². The monoisotopic (exact) mass is 438 g/mol. The highest BCUT2D eigenvalue weighted by atomic mass is 31.2. The number of hydrogen-bond donors (Lipinski definition) is 1. The summed E-state index contributed by atoms with van der Waals surface area (Å²) in [5, 5.41) is 0. The average molecular weight is 439 g/mol. The first-order valence-corrected chi connectivity index (χ1v) is 11.8. The molecule has 9 heteroatoms. The van der Waals surface area contributed by atoms with Crippen molar-refractivity contribution in [1.29, 1.82) is 0 Å². The maximum atomic E-state index is 11.9. The summed E-state index contributed by atoms with van der Waals surface area (Å²) in [5.74, 6) is -0.500. The molecule has 0 aromatic carbocycles. The number of phosphoric acid groups is 1. The highest BCUT2D eigenvalue weighted by Crippen LogP contribution is 2.43. The fourth-order valence-corrected chi connectivity index (χ4v) is 3.15. The van der Waals surface area contributed by atoms with Crippen molar-refractivity contribution in [1.82, 2.24) is 0 Å². The molecule has 0 saturated carbocycles. The van der Waals surface area contributed by atoms with Gasteiger partial charge in [-0.1, -0.05) is 31.8 Å². The van der Waals surface area contributed by atoms with Crippen molar-refractivity contribution in [2.45, 2.75) is 58.0 Å². The normalized spacial score (nSPS) is 14.9. The summed E-state index contributed by atoms with van der Waals surface area (Å²) in [6, 6.07) is 0. The van der Waals surface area contributed by atoms with E-state index in [1.165, 1.54) is 26.2 Å². The van der Waals surface area contributed by atoms with Crippen LogP contribution in [0, 0.1) is 0 Å². The standard InChI is InChI=1S/C20H40NO7P/c1-6-7-8-9-10-11-12-13-15-25-17-20(28-19(2)22)18-27-29(23,24)26-16-14-21(3,4)5/h6,20H,1,7-18H2,2-5H3/p+1/t20-/m1/s1. The Morgan fingerprint density at radius 3 is 2.24 bits per heavy atom. The first kappa shape index (κ1) is 28.2. The van der Waals surface area contributed by atoms with Gasteiger partial charge in [0, 0.05) is 13.5 Å². The number of carbonyl (C=O) groups excluding carboxylic acids is 1. The minimum absolute atomic E-state index is 0.0829. The third-order valence-corrected chi connectivity index (χ3v) is 5.01. The quantitative estimate of drug-likeness (QED) is 0.108. The summed E-state index contributed by atoms with van der Waals surface area (Å²) in [4.78, 5) is 21.0. The fraction of sp³-hybridized carbons (Fsp3) is 0.850. The van der Waals surface area contributed by atoms with Crippen LogP contribution in [0.5, 0.6) is 0 Å². The Hall–Kier alpha value is -0.760. The Bertz CT molecular complexity index is 494. The van der Waals surface area contributed by atoms with Crippen molar-refractivity contribution in [2.24, 2.45) is 0 Å². The zero-order chi connectivity index (χ0) is 22.2. The number of esters is 1. The topological polar surface area (TPSA) is 91.3 Å². The Morgan fingerprint density at radius 2 is 1.66 bits per heavy atom. The molecule has 2 atom stereocenters. The van der Waals surface area contributed by atoms with Gasteiger partial charge in [-0.15, -0.1) is 6.58 Å². The smallest absolute Gasteiger partial charge is 0.458 e. The van der Waals surface area contributed by atoms with Crippen molar-refractivity contribution < 1.29 is 37.3 Å². The number of carbonyl (C=O) groups is 1. The maximum Gasteiger partial charge on any atom is 0.472 e. The minimum atomic E-state index is -4.20. The molecule has 0 aliphatic rings. The van der Waals surface area contributed by atoms with Gasteiger partial charge in [0.15, 0.2) is 0 Å². The lowest BCUT2D eigenvalue weighted by Gasteiger charge is -2.24. The predicted octanol–water partition coefficient (Wildman–Crippen LogP) is 3.69. The number of nitrogens with zero attached hydrogens (tertiary/aromatic N) is 1. The highest BCUT2D eigenvalue weighted by Gasteiger charge is 2.25. The Balaban J connectivity index is 4.03. The first-order chi connectivity index (χ1) is 13.6. The van der Waals surface area contributed by atoms with E-state index < -0.39 is 19.9 Å². The lowest BCUT2D eigenvalue weighted by molar-refractivity contribution is -0.870. The van der Waals surface area contributed by atoms with Crippen molar-refractivity contribution in [3.05, 3.63) is 12.7 Å². The van der Waals surface area contributed by atoms with E-state index >= 15 is 0 Å². The number of ether oxygens (including phenoxy) is 2. The van der Waals surface area contributed by atoms with Gasteiger partial charge in [0.25, 0.3) is 0 Å². The van der Waals surface area contributed by atoms with Crippen LogP contribution in [0.3, 0.4) is 0 Å². The maximum absolute atomic E-state index is 11.9. The van der Waals surface area contributed by atoms with Crippen LogP contribution in [0.25, 0.3) is 0 Å². The van der Waals surface area contributed by atoms with Crippen LogP contribution >= 0.6 is 7.82 Å². The molecule has 0 rings (SSSR count). The van der Waals surface area contributed by atoms with E-state index in [1.54, 1.807) is 0 Å². The van der Waals surface area contributed by atoms with E-state index in [-0.39, 0.29) is 19.8 Å². The number of quaternary nitrogens is 1. The van der Waals surface area contributed by atoms with E-state index in [0.717, 1.165) is 25.7 Å². The highest BCUT2D eigenvalue weighted by molar-refractivity contribution is 7.47.